The number of phenolic OH excluding ortho intramolecular Hbond substituents is 1. The van der Waals surface area contributed by atoms with E-state index >= 15 is 0 Å². The fraction of sp³-hybridized carbons (Fsp3) is 0.263. The molecular weight excluding hydrogens is 272 g/mol. The second-order valence-electron chi connectivity index (χ2n) is 6.29. The summed E-state index contributed by atoms with van der Waals surface area (Å²) >= 11 is 0. The lowest BCUT2D eigenvalue weighted by Crippen LogP contribution is -2.23. The Kier molecular flexibility index (Phi) is 3.07. The smallest absolute Gasteiger partial charge is 0.125 e. The van der Waals surface area contributed by atoms with Crippen molar-refractivity contribution >= 4 is 5.69 Å². The molecule has 2 heterocycles. The van der Waals surface area contributed by atoms with Gasteiger partial charge in [0, 0.05) is 56.1 Å². The third kappa shape index (κ3) is 2.23. The van der Waals surface area contributed by atoms with Crippen LogP contribution >= 0.6 is 0 Å². The molecule has 1 fully saturated rings. The maximum Gasteiger partial charge on any atom is 0.125 e. The first kappa shape index (κ1) is 13.3. The van der Waals surface area contributed by atoms with Gasteiger partial charge >= 0.3 is 0 Å². The lowest BCUT2D eigenvalue weighted by molar-refractivity contribution is 0.442. The zero-order chi connectivity index (χ0) is 15.1. The minimum atomic E-state index is 0.354. The molecule has 1 saturated heterocycles. The summed E-state index contributed by atoms with van der Waals surface area (Å²) in [7, 11) is 2.14. The van der Waals surface area contributed by atoms with E-state index in [4.69, 9.17) is 0 Å². The third-order valence-electron chi connectivity index (χ3n) is 4.66. The van der Waals surface area contributed by atoms with Gasteiger partial charge in [-0.05, 0) is 23.3 Å². The molecule has 4 rings (SSSR count). The van der Waals surface area contributed by atoms with Crippen LogP contribution in [0.5, 0.6) is 5.75 Å². The van der Waals surface area contributed by atoms with Gasteiger partial charge in [-0.1, -0.05) is 30.3 Å². The normalized spacial score (nSPS) is 20.2. The van der Waals surface area contributed by atoms with Crippen LogP contribution in [0.15, 0.2) is 60.3 Å². The van der Waals surface area contributed by atoms with Crippen molar-refractivity contribution in [3.63, 3.8) is 0 Å². The fourth-order valence-electron chi connectivity index (χ4n) is 3.58. The second-order valence-corrected chi connectivity index (χ2v) is 6.29. The molecule has 3 heteroatoms. The molecule has 3 nitrogen and oxygen atoms in total. The van der Waals surface area contributed by atoms with Crippen molar-refractivity contribution in [3.05, 3.63) is 60.3 Å². The van der Waals surface area contributed by atoms with Crippen molar-refractivity contribution in [1.29, 1.82) is 0 Å². The van der Waals surface area contributed by atoms with Gasteiger partial charge in [-0.3, -0.25) is 0 Å². The number of phenols is 1. The lowest BCUT2D eigenvalue weighted by Gasteiger charge is -2.21. The molecule has 2 aromatic rings. The van der Waals surface area contributed by atoms with E-state index in [1.54, 1.807) is 0 Å². The number of fused-ring (bicyclic) bond motifs is 1. The van der Waals surface area contributed by atoms with Gasteiger partial charge in [-0.15, -0.1) is 0 Å². The van der Waals surface area contributed by atoms with Crippen molar-refractivity contribution in [2.75, 3.05) is 31.6 Å². The molecule has 0 spiro atoms. The summed E-state index contributed by atoms with van der Waals surface area (Å²) in [5, 5.41) is 10.4. The average molecular weight is 292 g/mol. The van der Waals surface area contributed by atoms with E-state index in [-0.39, 0.29) is 0 Å². The Morgan fingerprint density at radius 1 is 1.05 bits per heavy atom. The Balaban J connectivity index is 1.60. The second kappa shape index (κ2) is 5.09. The summed E-state index contributed by atoms with van der Waals surface area (Å²) in [6.45, 7) is 3.12. The number of nitrogens with zero attached hydrogens (tertiary/aromatic N) is 2. The van der Waals surface area contributed by atoms with Crippen LogP contribution in [0.1, 0.15) is 0 Å². The predicted molar refractivity (Wildman–Crippen MR) is 90.0 cm³/mol. The Hall–Kier alpha value is -2.42. The zero-order valence-corrected chi connectivity index (χ0v) is 12.7. The summed E-state index contributed by atoms with van der Waals surface area (Å²) in [6.07, 6.45) is 2.27. The predicted octanol–water partition coefficient (Wildman–Crippen LogP) is 3.32. The zero-order valence-electron chi connectivity index (χ0n) is 12.7. The number of hydrogen-bond acceptors (Lipinski definition) is 3. The van der Waals surface area contributed by atoms with E-state index in [1.165, 1.54) is 5.57 Å². The molecule has 2 aliphatic rings. The van der Waals surface area contributed by atoms with Crippen LogP contribution < -0.4 is 4.90 Å². The summed E-state index contributed by atoms with van der Waals surface area (Å²) in [4.78, 5) is 4.63. The fourth-order valence-corrected chi connectivity index (χ4v) is 3.58. The highest BCUT2D eigenvalue weighted by Crippen LogP contribution is 2.36. The lowest BCUT2D eigenvalue weighted by atomic mass is 10.0. The van der Waals surface area contributed by atoms with Crippen LogP contribution in [-0.2, 0) is 0 Å². The van der Waals surface area contributed by atoms with E-state index in [1.807, 2.05) is 42.5 Å². The largest absolute Gasteiger partial charge is 0.507 e. The Morgan fingerprint density at radius 2 is 1.86 bits per heavy atom. The molecule has 2 aromatic carbocycles. The Morgan fingerprint density at radius 3 is 2.59 bits per heavy atom. The minimum Gasteiger partial charge on any atom is -0.507 e. The summed E-state index contributed by atoms with van der Waals surface area (Å²) in [6, 6.07) is 16.1. The van der Waals surface area contributed by atoms with Crippen molar-refractivity contribution < 1.29 is 5.11 Å². The number of anilines is 1. The van der Waals surface area contributed by atoms with Crippen LogP contribution in [0.3, 0.4) is 0 Å². The highest BCUT2D eigenvalue weighted by molar-refractivity contribution is 5.73. The van der Waals surface area contributed by atoms with E-state index < -0.39 is 0 Å². The molecule has 0 radical (unpaired) electrons. The van der Waals surface area contributed by atoms with Crippen LogP contribution in [0.2, 0.25) is 0 Å². The molecule has 22 heavy (non-hydrogen) atoms. The SMILES string of the molecule is CN1C=C2CN(c3ccc(-c4ccccc4)c(O)c3)CC2C1. The molecule has 0 aliphatic carbocycles. The van der Waals surface area contributed by atoms with E-state index in [0.717, 1.165) is 36.4 Å². The third-order valence-corrected chi connectivity index (χ3v) is 4.66. The van der Waals surface area contributed by atoms with Gasteiger partial charge in [0.1, 0.15) is 5.75 Å². The highest BCUT2D eigenvalue weighted by Gasteiger charge is 2.32. The topological polar surface area (TPSA) is 26.7 Å². The highest BCUT2D eigenvalue weighted by atomic mass is 16.3. The first-order chi connectivity index (χ1) is 10.7. The van der Waals surface area contributed by atoms with Crippen LogP contribution in [-0.4, -0.2) is 36.7 Å². The van der Waals surface area contributed by atoms with E-state index in [9.17, 15) is 5.11 Å². The molecule has 1 N–H and O–H groups in total. The molecule has 0 aromatic heterocycles. The van der Waals surface area contributed by atoms with Crippen LogP contribution in [0, 0.1) is 5.92 Å². The molecule has 1 unspecified atom stereocenters. The molecule has 0 saturated carbocycles. The van der Waals surface area contributed by atoms with Gasteiger partial charge in [0.15, 0.2) is 0 Å². The number of rotatable bonds is 2. The number of benzene rings is 2. The molecule has 112 valence electrons. The maximum atomic E-state index is 10.4. The quantitative estimate of drug-likeness (QED) is 0.920. The number of aromatic hydroxyl groups is 1. The summed E-state index contributed by atoms with van der Waals surface area (Å²) in [5.41, 5.74) is 4.56. The minimum absolute atomic E-state index is 0.354. The molecule has 0 amide bonds. The van der Waals surface area contributed by atoms with E-state index in [2.05, 4.69) is 29.1 Å². The molecule has 1 atom stereocenters. The Bertz CT molecular complexity index is 723. The Labute approximate surface area is 131 Å². The number of hydrogen-bond donors (Lipinski definition) is 1. The molecule has 2 aliphatic heterocycles. The van der Waals surface area contributed by atoms with Gasteiger partial charge < -0.3 is 14.9 Å². The first-order valence-corrected chi connectivity index (χ1v) is 7.75. The maximum absolute atomic E-state index is 10.4. The molecule has 0 bridgehead atoms. The van der Waals surface area contributed by atoms with Crippen LogP contribution in [0.25, 0.3) is 11.1 Å². The van der Waals surface area contributed by atoms with Gasteiger partial charge in [0.2, 0.25) is 0 Å². The van der Waals surface area contributed by atoms with Gasteiger partial charge in [0.05, 0.1) is 0 Å². The van der Waals surface area contributed by atoms with Gasteiger partial charge in [0.25, 0.3) is 0 Å². The summed E-state index contributed by atoms with van der Waals surface area (Å²) in [5.74, 6) is 0.993. The monoisotopic (exact) mass is 292 g/mol. The van der Waals surface area contributed by atoms with Crippen molar-refractivity contribution in [2.45, 2.75) is 0 Å². The van der Waals surface area contributed by atoms with Crippen molar-refractivity contribution in [1.82, 2.24) is 4.90 Å². The van der Waals surface area contributed by atoms with Crippen LogP contribution in [0.4, 0.5) is 5.69 Å². The molecular formula is C19H20N2O. The standard InChI is InChI=1S/C19H20N2O/c1-20-10-15-12-21(13-16(15)11-20)17-7-8-18(19(22)9-17)14-5-3-2-4-6-14/h2-10,16,22H,11-13H2,1H3. The van der Waals surface area contributed by atoms with Gasteiger partial charge in [-0.25, -0.2) is 0 Å². The summed E-state index contributed by atoms with van der Waals surface area (Å²) < 4.78 is 0. The van der Waals surface area contributed by atoms with Gasteiger partial charge in [-0.2, -0.15) is 0 Å². The van der Waals surface area contributed by atoms with Crippen molar-refractivity contribution in [3.8, 4) is 16.9 Å². The van der Waals surface area contributed by atoms with Crippen molar-refractivity contribution in [2.24, 2.45) is 5.92 Å². The average Bonchev–Trinajstić information content (AvgIpc) is 3.05. The first-order valence-electron chi connectivity index (χ1n) is 7.75. The van der Waals surface area contributed by atoms with E-state index in [0.29, 0.717) is 11.7 Å².